The van der Waals surface area contributed by atoms with Crippen molar-refractivity contribution in [2.75, 3.05) is 13.7 Å². The van der Waals surface area contributed by atoms with Crippen molar-refractivity contribution in [1.82, 2.24) is 4.90 Å². The summed E-state index contributed by atoms with van der Waals surface area (Å²) in [7, 11) is 1.68. The zero-order chi connectivity index (χ0) is 11.9. The molecule has 1 amide bonds. The molecule has 0 heterocycles. The SMILES string of the molecule is CN(C(=O)C1(C(N)=S)CC1)C(C)(C)CO. The monoisotopic (exact) mass is 230 g/mol. The predicted molar refractivity (Wildman–Crippen MR) is 62.4 cm³/mol. The topological polar surface area (TPSA) is 66.6 Å². The summed E-state index contributed by atoms with van der Waals surface area (Å²) in [5.74, 6) is -0.0750. The molecule has 1 aliphatic rings. The molecule has 0 bridgehead atoms. The number of amides is 1. The van der Waals surface area contributed by atoms with Crippen LogP contribution >= 0.6 is 12.2 Å². The van der Waals surface area contributed by atoms with Crippen LogP contribution in [-0.4, -0.2) is 40.1 Å². The molecule has 1 fully saturated rings. The lowest BCUT2D eigenvalue weighted by Gasteiger charge is -2.36. The van der Waals surface area contributed by atoms with Crippen LogP contribution < -0.4 is 5.73 Å². The third-order valence-electron chi connectivity index (χ3n) is 3.23. The molecule has 0 radical (unpaired) electrons. The maximum absolute atomic E-state index is 12.1. The lowest BCUT2D eigenvalue weighted by Crippen LogP contribution is -2.52. The first-order valence-electron chi connectivity index (χ1n) is 4.97. The number of carbonyl (C=O) groups is 1. The van der Waals surface area contributed by atoms with E-state index in [2.05, 4.69) is 0 Å². The van der Waals surface area contributed by atoms with Gasteiger partial charge in [-0.3, -0.25) is 4.79 Å². The highest BCUT2D eigenvalue weighted by Crippen LogP contribution is 2.48. The van der Waals surface area contributed by atoms with Crippen LogP contribution in [0.3, 0.4) is 0 Å². The molecule has 0 atom stereocenters. The molecule has 1 saturated carbocycles. The fourth-order valence-corrected chi connectivity index (χ4v) is 1.68. The van der Waals surface area contributed by atoms with Crippen LogP contribution in [0.5, 0.6) is 0 Å². The van der Waals surface area contributed by atoms with E-state index in [0.29, 0.717) is 0 Å². The molecule has 0 aromatic rings. The van der Waals surface area contributed by atoms with Crippen molar-refractivity contribution in [3.8, 4) is 0 Å². The van der Waals surface area contributed by atoms with E-state index in [0.717, 1.165) is 12.8 Å². The van der Waals surface area contributed by atoms with Crippen LogP contribution in [0.25, 0.3) is 0 Å². The first-order chi connectivity index (χ1) is 6.78. The summed E-state index contributed by atoms with van der Waals surface area (Å²) >= 11 is 4.92. The zero-order valence-corrected chi connectivity index (χ0v) is 10.2. The smallest absolute Gasteiger partial charge is 0.235 e. The van der Waals surface area contributed by atoms with Crippen LogP contribution in [0.15, 0.2) is 0 Å². The zero-order valence-electron chi connectivity index (χ0n) is 9.41. The average Bonchev–Trinajstić information content (AvgIpc) is 2.96. The van der Waals surface area contributed by atoms with Gasteiger partial charge in [0, 0.05) is 7.05 Å². The summed E-state index contributed by atoms with van der Waals surface area (Å²) in [5, 5.41) is 9.18. The molecule has 4 nitrogen and oxygen atoms in total. The molecule has 0 aliphatic heterocycles. The molecule has 5 heteroatoms. The first-order valence-corrected chi connectivity index (χ1v) is 5.38. The van der Waals surface area contributed by atoms with Crippen molar-refractivity contribution < 1.29 is 9.90 Å². The van der Waals surface area contributed by atoms with Crippen LogP contribution in [-0.2, 0) is 4.79 Å². The minimum Gasteiger partial charge on any atom is -0.394 e. The molecule has 1 rings (SSSR count). The molecule has 1 aliphatic carbocycles. The summed E-state index contributed by atoms with van der Waals surface area (Å²) in [6.45, 7) is 3.53. The van der Waals surface area contributed by atoms with E-state index < -0.39 is 11.0 Å². The second kappa shape index (κ2) is 3.72. The number of carbonyl (C=O) groups excluding carboxylic acids is 1. The minimum atomic E-state index is -0.628. The highest BCUT2D eigenvalue weighted by molar-refractivity contribution is 7.80. The standard InChI is InChI=1S/C10H18N2O2S/c1-9(2,6-13)12(3)8(14)10(4-5-10)7(11)15/h13H,4-6H2,1-3H3,(H2,11,15). The van der Waals surface area contributed by atoms with Crippen molar-refractivity contribution in [2.45, 2.75) is 32.2 Å². The number of aliphatic hydroxyl groups is 1. The Morgan fingerprint density at radius 3 is 2.33 bits per heavy atom. The van der Waals surface area contributed by atoms with Gasteiger partial charge in [0.15, 0.2) is 0 Å². The van der Waals surface area contributed by atoms with E-state index in [9.17, 15) is 9.90 Å². The quantitative estimate of drug-likeness (QED) is 0.681. The lowest BCUT2D eigenvalue weighted by atomic mass is 9.99. The maximum Gasteiger partial charge on any atom is 0.235 e. The molecular formula is C10H18N2O2S. The third kappa shape index (κ3) is 1.99. The molecule has 0 spiro atoms. The average molecular weight is 230 g/mol. The van der Waals surface area contributed by atoms with Crippen molar-refractivity contribution in [1.29, 1.82) is 0 Å². The lowest BCUT2D eigenvalue weighted by molar-refractivity contribution is -0.139. The van der Waals surface area contributed by atoms with Gasteiger partial charge in [-0.05, 0) is 26.7 Å². The van der Waals surface area contributed by atoms with Gasteiger partial charge < -0.3 is 15.7 Å². The van der Waals surface area contributed by atoms with Crippen LogP contribution in [0.1, 0.15) is 26.7 Å². The Morgan fingerprint density at radius 2 is 2.07 bits per heavy atom. The van der Waals surface area contributed by atoms with E-state index in [1.54, 1.807) is 25.8 Å². The Hall–Kier alpha value is -0.680. The van der Waals surface area contributed by atoms with E-state index >= 15 is 0 Å². The number of likely N-dealkylation sites (N-methyl/N-ethyl adjacent to an activating group) is 1. The number of nitrogens with zero attached hydrogens (tertiary/aromatic N) is 1. The van der Waals surface area contributed by atoms with Gasteiger partial charge in [-0.1, -0.05) is 12.2 Å². The predicted octanol–water partition coefficient (Wildman–Crippen LogP) is 0.282. The Bertz CT molecular complexity index is 298. The van der Waals surface area contributed by atoms with E-state index in [4.69, 9.17) is 18.0 Å². The van der Waals surface area contributed by atoms with Crippen LogP contribution in [0.4, 0.5) is 0 Å². The Labute approximate surface area is 95.4 Å². The molecule has 0 aromatic carbocycles. The Morgan fingerprint density at radius 1 is 1.60 bits per heavy atom. The molecule has 15 heavy (non-hydrogen) atoms. The highest BCUT2D eigenvalue weighted by atomic mass is 32.1. The molecule has 0 saturated heterocycles. The number of rotatable bonds is 4. The van der Waals surface area contributed by atoms with E-state index in [-0.39, 0.29) is 17.5 Å². The van der Waals surface area contributed by atoms with Crippen LogP contribution in [0, 0.1) is 5.41 Å². The fraction of sp³-hybridized carbons (Fsp3) is 0.800. The summed E-state index contributed by atoms with van der Waals surface area (Å²) in [4.78, 5) is 13.9. The number of aliphatic hydroxyl groups excluding tert-OH is 1. The molecule has 0 unspecified atom stereocenters. The highest BCUT2D eigenvalue weighted by Gasteiger charge is 2.55. The minimum absolute atomic E-state index is 0.0750. The number of nitrogens with two attached hydrogens (primary N) is 1. The van der Waals surface area contributed by atoms with Crippen molar-refractivity contribution >= 4 is 23.1 Å². The van der Waals surface area contributed by atoms with Gasteiger partial charge >= 0.3 is 0 Å². The summed E-state index contributed by atoms with van der Waals surface area (Å²) in [6.07, 6.45) is 1.46. The van der Waals surface area contributed by atoms with Gasteiger partial charge in [0.25, 0.3) is 0 Å². The van der Waals surface area contributed by atoms with Gasteiger partial charge in [-0.2, -0.15) is 0 Å². The third-order valence-corrected chi connectivity index (χ3v) is 3.62. The normalized spacial score (nSPS) is 18.4. The Balaban J connectivity index is 2.82. The summed E-state index contributed by atoms with van der Waals surface area (Å²) in [6, 6.07) is 0. The maximum atomic E-state index is 12.1. The second-order valence-electron chi connectivity index (χ2n) is 4.78. The molecular weight excluding hydrogens is 212 g/mol. The van der Waals surface area contributed by atoms with Gasteiger partial charge in [0.05, 0.1) is 22.5 Å². The summed E-state index contributed by atoms with van der Waals surface area (Å²) < 4.78 is 0. The van der Waals surface area contributed by atoms with Crippen molar-refractivity contribution in [3.63, 3.8) is 0 Å². The van der Waals surface area contributed by atoms with Crippen LogP contribution in [0.2, 0.25) is 0 Å². The molecule has 0 aromatic heterocycles. The van der Waals surface area contributed by atoms with E-state index in [1.165, 1.54) is 0 Å². The fourth-order valence-electron chi connectivity index (χ4n) is 1.39. The first kappa shape index (κ1) is 12.4. The van der Waals surface area contributed by atoms with E-state index in [1.807, 2.05) is 0 Å². The number of hydrogen-bond acceptors (Lipinski definition) is 3. The van der Waals surface area contributed by atoms with Crippen molar-refractivity contribution in [3.05, 3.63) is 0 Å². The van der Waals surface area contributed by atoms with Crippen molar-refractivity contribution in [2.24, 2.45) is 11.1 Å². The van der Waals surface area contributed by atoms with Gasteiger partial charge in [0.1, 0.15) is 0 Å². The summed E-state index contributed by atoms with van der Waals surface area (Å²) in [5.41, 5.74) is 4.38. The second-order valence-corrected chi connectivity index (χ2v) is 5.22. The Kier molecular flexibility index (Phi) is 3.07. The molecule has 86 valence electrons. The number of thiocarbonyl (C=S) groups is 1. The van der Waals surface area contributed by atoms with Gasteiger partial charge in [-0.25, -0.2) is 0 Å². The van der Waals surface area contributed by atoms with Gasteiger partial charge in [-0.15, -0.1) is 0 Å². The largest absolute Gasteiger partial charge is 0.394 e. The molecule has 3 N–H and O–H groups in total. The number of hydrogen-bond donors (Lipinski definition) is 2. The van der Waals surface area contributed by atoms with Gasteiger partial charge in [0.2, 0.25) is 5.91 Å².